The molecule has 0 atom stereocenters. The van der Waals surface area contributed by atoms with E-state index in [0.717, 1.165) is 24.8 Å². The van der Waals surface area contributed by atoms with Crippen LogP contribution in [0.25, 0.3) is 10.9 Å². The number of halogens is 2. The molecule has 2 aromatic rings. The van der Waals surface area contributed by atoms with Gasteiger partial charge in [0.15, 0.2) is 0 Å². The molecule has 1 heterocycles. The van der Waals surface area contributed by atoms with E-state index >= 15 is 0 Å². The summed E-state index contributed by atoms with van der Waals surface area (Å²) < 4.78 is 13.8. The highest BCUT2D eigenvalue weighted by molar-refractivity contribution is 14.1. The molecule has 0 unspecified atom stereocenters. The van der Waals surface area contributed by atoms with Crippen LogP contribution >= 0.6 is 38.5 Å². The normalized spacial score (nSPS) is 11.7. The average Bonchev–Trinajstić information content (AvgIpc) is 2.63. The van der Waals surface area contributed by atoms with E-state index in [1.54, 1.807) is 11.7 Å². The third kappa shape index (κ3) is 3.11. The van der Waals surface area contributed by atoms with Gasteiger partial charge in [0, 0.05) is 9.86 Å². The van der Waals surface area contributed by atoms with E-state index in [4.69, 9.17) is 9.47 Å². The van der Waals surface area contributed by atoms with Gasteiger partial charge < -0.3 is 9.47 Å². The van der Waals surface area contributed by atoms with E-state index < -0.39 is 5.60 Å². The summed E-state index contributed by atoms with van der Waals surface area (Å²) in [7, 11) is 1.61. The van der Waals surface area contributed by atoms with E-state index in [9.17, 15) is 4.79 Å². The topological polar surface area (TPSA) is 40.5 Å². The van der Waals surface area contributed by atoms with Gasteiger partial charge in [-0.05, 0) is 77.5 Å². The molecule has 0 aliphatic carbocycles. The van der Waals surface area contributed by atoms with Crippen LogP contribution < -0.4 is 4.74 Å². The number of nitrogens with zero attached hydrogens (tertiary/aromatic N) is 1. The third-order valence-corrected chi connectivity index (χ3v) is 3.99. The van der Waals surface area contributed by atoms with Crippen molar-refractivity contribution >= 4 is 55.5 Å². The zero-order chi connectivity index (χ0) is 15.1. The van der Waals surface area contributed by atoms with Gasteiger partial charge in [0.05, 0.1) is 16.3 Å². The molecule has 0 bridgehead atoms. The molecular weight excluding hydrogens is 437 g/mol. The Kier molecular flexibility index (Phi) is 4.34. The maximum atomic E-state index is 12.3. The number of carbonyl (C=O) groups excluding carboxylic acids is 1. The molecule has 20 heavy (non-hydrogen) atoms. The molecule has 0 saturated heterocycles. The minimum atomic E-state index is -0.532. The van der Waals surface area contributed by atoms with Crippen molar-refractivity contribution in [3.8, 4) is 5.75 Å². The van der Waals surface area contributed by atoms with Crippen LogP contribution in [-0.2, 0) is 4.74 Å². The minimum absolute atomic E-state index is 0.386. The number of hydrogen-bond donors (Lipinski definition) is 0. The molecule has 1 aromatic heterocycles. The first-order chi connectivity index (χ1) is 9.23. The van der Waals surface area contributed by atoms with Gasteiger partial charge in [-0.15, -0.1) is 0 Å². The Balaban J connectivity index is 2.59. The molecule has 0 radical (unpaired) electrons. The van der Waals surface area contributed by atoms with E-state index in [1.165, 1.54) is 0 Å². The highest BCUT2D eigenvalue weighted by atomic mass is 127. The lowest BCUT2D eigenvalue weighted by atomic mass is 10.2. The standard InChI is InChI=1S/C14H15BrINO3/c1-14(2,3)20-13(18)17-11(16)6-8-5-9(19-4)7-10(15)12(8)17/h5-7H,1-4H3. The van der Waals surface area contributed by atoms with Crippen molar-refractivity contribution in [3.05, 3.63) is 26.4 Å². The number of carbonyl (C=O) groups is 1. The monoisotopic (exact) mass is 451 g/mol. The average molecular weight is 452 g/mol. The molecule has 6 heteroatoms. The zero-order valence-electron chi connectivity index (χ0n) is 11.7. The van der Waals surface area contributed by atoms with Gasteiger partial charge >= 0.3 is 6.09 Å². The van der Waals surface area contributed by atoms with Crippen molar-refractivity contribution < 1.29 is 14.3 Å². The number of ether oxygens (including phenoxy) is 2. The number of hydrogen-bond acceptors (Lipinski definition) is 3. The Bertz CT molecular complexity index is 673. The fraction of sp³-hybridized carbons (Fsp3) is 0.357. The molecule has 0 amide bonds. The molecular formula is C14H15BrINO3. The SMILES string of the molecule is COc1cc(Br)c2c(c1)cc(I)n2C(=O)OC(C)(C)C. The second-order valence-electron chi connectivity index (χ2n) is 5.33. The lowest BCUT2D eigenvalue weighted by molar-refractivity contribution is 0.0540. The van der Waals surface area contributed by atoms with Gasteiger partial charge in [-0.25, -0.2) is 9.36 Å². The molecule has 0 fully saturated rings. The fourth-order valence-corrected chi connectivity index (χ4v) is 3.25. The smallest absolute Gasteiger partial charge is 0.419 e. The molecule has 0 N–H and O–H groups in total. The van der Waals surface area contributed by atoms with Crippen LogP contribution in [0.15, 0.2) is 22.7 Å². The van der Waals surface area contributed by atoms with Crippen LogP contribution in [0.3, 0.4) is 0 Å². The number of benzene rings is 1. The van der Waals surface area contributed by atoms with Gasteiger partial charge in [-0.2, -0.15) is 0 Å². The largest absolute Gasteiger partial charge is 0.497 e. The predicted octanol–water partition coefficient (Wildman–Crippen LogP) is 4.80. The van der Waals surface area contributed by atoms with Gasteiger partial charge in [-0.3, -0.25) is 0 Å². The summed E-state index contributed by atoms with van der Waals surface area (Å²) in [5.41, 5.74) is 0.250. The number of methoxy groups -OCH3 is 1. The van der Waals surface area contributed by atoms with Gasteiger partial charge in [0.25, 0.3) is 0 Å². The first kappa shape index (κ1) is 15.6. The van der Waals surface area contributed by atoms with Gasteiger partial charge in [0.2, 0.25) is 0 Å². The Hall–Kier alpha value is -0.760. The third-order valence-electron chi connectivity index (χ3n) is 2.59. The second-order valence-corrected chi connectivity index (χ2v) is 7.29. The molecule has 0 spiro atoms. The van der Waals surface area contributed by atoms with Crippen LogP contribution in [0.1, 0.15) is 20.8 Å². The minimum Gasteiger partial charge on any atom is -0.497 e. The zero-order valence-corrected chi connectivity index (χ0v) is 15.4. The van der Waals surface area contributed by atoms with Crippen molar-refractivity contribution in [1.29, 1.82) is 0 Å². The predicted molar refractivity (Wildman–Crippen MR) is 90.5 cm³/mol. The van der Waals surface area contributed by atoms with Crippen LogP contribution in [0.2, 0.25) is 0 Å². The van der Waals surface area contributed by atoms with E-state index in [0.29, 0.717) is 0 Å². The summed E-state index contributed by atoms with van der Waals surface area (Å²) in [5.74, 6) is 0.738. The van der Waals surface area contributed by atoms with Crippen molar-refractivity contribution in [2.24, 2.45) is 0 Å². The highest BCUT2D eigenvalue weighted by Crippen LogP contribution is 2.33. The molecule has 4 nitrogen and oxygen atoms in total. The second kappa shape index (κ2) is 5.55. The summed E-state index contributed by atoms with van der Waals surface area (Å²) >= 11 is 5.61. The summed E-state index contributed by atoms with van der Waals surface area (Å²) in [6.07, 6.45) is -0.386. The molecule has 0 saturated carbocycles. The van der Waals surface area contributed by atoms with Crippen LogP contribution in [-0.4, -0.2) is 23.4 Å². The maximum absolute atomic E-state index is 12.3. The lowest BCUT2D eigenvalue weighted by Crippen LogP contribution is -2.27. The first-order valence-electron chi connectivity index (χ1n) is 6.01. The maximum Gasteiger partial charge on any atom is 0.419 e. The van der Waals surface area contributed by atoms with Gasteiger partial charge in [0.1, 0.15) is 11.4 Å². The van der Waals surface area contributed by atoms with Gasteiger partial charge in [-0.1, -0.05) is 0 Å². The molecule has 0 aliphatic rings. The Morgan fingerprint density at radius 3 is 2.50 bits per heavy atom. The quantitative estimate of drug-likeness (QED) is 0.584. The summed E-state index contributed by atoms with van der Waals surface area (Å²) in [5, 5.41) is 0.923. The molecule has 2 rings (SSSR count). The Morgan fingerprint density at radius 2 is 1.95 bits per heavy atom. The van der Waals surface area contributed by atoms with Crippen LogP contribution in [0.5, 0.6) is 5.75 Å². The van der Waals surface area contributed by atoms with E-state index in [1.807, 2.05) is 39.0 Å². The summed E-state index contributed by atoms with van der Waals surface area (Å²) in [6.45, 7) is 5.55. The Labute approximate surface area is 139 Å². The van der Waals surface area contributed by atoms with Crippen molar-refractivity contribution in [2.75, 3.05) is 7.11 Å². The number of fused-ring (bicyclic) bond motifs is 1. The molecule has 1 aromatic carbocycles. The molecule has 108 valence electrons. The highest BCUT2D eigenvalue weighted by Gasteiger charge is 2.22. The first-order valence-corrected chi connectivity index (χ1v) is 7.88. The number of aromatic nitrogens is 1. The summed E-state index contributed by atoms with van der Waals surface area (Å²) in [4.78, 5) is 12.3. The van der Waals surface area contributed by atoms with Crippen LogP contribution in [0.4, 0.5) is 4.79 Å². The van der Waals surface area contributed by atoms with Crippen molar-refractivity contribution in [1.82, 2.24) is 4.57 Å². The number of rotatable bonds is 1. The van der Waals surface area contributed by atoms with E-state index in [-0.39, 0.29) is 6.09 Å². The molecule has 0 aliphatic heterocycles. The van der Waals surface area contributed by atoms with Crippen molar-refractivity contribution in [2.45, 2.75) is 26.4 Å². The summed E-state index contributed by atoms with van der Waals surface area (Å²) in [6, 6.07) is 5.65. The van der Waals surface area contributed by atoms with E-state index in [2.05, 4.69) is 38.5 Å². The fourth-order valence-electron chi connectivity index (χ4n) is 1.84. The van der Waals surface area contributed by atoms with Crippen molar-refractivity contribution in [3.63, 3.8) is 0 Å². The lowest BCUT2D eigenvalue weighted by Gasteiger charge is -2.20. The Morgan fingerprint density at radius 1 is 1.30 bits per heavy atom. The van der Waals surface area contributed by atoms with Crippen LogP contribution in [0, 0.1) is 3.70 Å².